The Kier molecular flexibility index (Phi) is 3.13. The van der Waals surface area contributed by atoms with Crippen molar-refractivity contribution in [3.8, 4) is 0 Å². The van der Waals surface area contributed by atoms with Gasteiger partial charge in [-0.25, -0.2) is 0 Å². The molecule has 0 bridgehead atoms. The van der Waals surface area contributed by atoms with Gasteiger partial charge in [0.25, 0.3) is 0 Å². The minimum absolute atomic E-state index is 1.23. The first kappa shape index (κ1) is 9.85. The lowest BCUT2D eigenvalue weighted by molar-refractivity contribution is 1.16. The molecule has 0 aliphatic carbocycles. The van der Waals surface area contributed by atoms with E-state index in [4.69, 9.17) is 0 Å². The first-order valence-corrected chi connectivity index (χ1v) is 4.54. The molecule has 1 aromatic carbocycles. The van der Waals surface area contributed by atoms with Crippen molar-refractivity contribution in [2.24, 2.45) is 0 Å². The lowest BCUT2D eigenvalue weighted by Crippen LogP contribution is -2.08. The minimum Gasteiger partial charge on any atom is -0.351 e. The molecule has 1 rings (SSSR count). The second-order valence-corrected chi connectivity index (χ2v) is 3.65. The van der Waals surface area contributed by atoms with Crippen molar-refractivity contribution in [1.29, 1.82) is 0 Å². The summed E-state index contributed by atoms with van der Waals surface area (Å²) < 4.78 is 0. The molecule has 0 aromatic heterocycles. The van der Waals surface area contributed by atoms with Crippen LogP contribution in [0.3, 0.4) is 0 Å². The van der Waals surface area contributed by atoms with E-state index in [0.717, 1.165) is 0 Å². The second kappa shape index (κ2) is 4.13. The van der Waals surface area contributed by atoms with Crippen LogP contribution >= 0.6 is 0 Å². The Labute approximate surface area is 80.7 Å². The Morgan fingerprint density at radius 3 is 2.15 bits per heavy atom. The van der Waals surface area contributed by atoms with E-state index in [-0.39, 0.29) is 0 Å². The molecular formula is C12H17N. The van der Waals surface area contributed by atoms with Crippen LogP contribution in [-0.4, -0.2) is 7.05 Å². The Balaban J connectivity index is 2.83. The SMILES string of the molecule is CC(C)=CN(C)c1ccc(C)cc1. The van der Waals surface area contributed by atoms with Crippen molar-refractivity contribution >= 4 is 5.69 Å². The normalized spacial score (nSPS) is 9.54. The van der Waals surface area contributed by atoms with Crippen LogP contribution in [0.25, 0.3) is 0 Å². The number of rotatable bonds is 2. The summed E-state index contributed by atoms with van der Waals surface area (Å²) in [5.41, 5.74) is 3.84. The van der Waals surface area contributed by atoms with Crippen molar-refractivity contribution in [2.45, 2.75) is 20.8 Å². The number of allylic oxidation sites excluding steroid dienone is 1. The van der Waals surface area contributed by atoms with Gasteiger partial charge in [-0.3, -0.25) is 0 Å². The largest absolute Gasteiger partial charge is 0.351 e. The van der Waals surface area contributed by atoms with Crippen LogP contribution in [0.4, 0.5) is 5.69 Å². The highest BCUT2D eigenvalue weighted by Crippen LogP contribution is 2.14. The van der Waals surface area contributed by atoms with E-state index >= 15 is 0 Å². The van der Waals surface area contributed by atoms with Gasteiger partial charge in [-0.05, 0) is 32.9 Å². The third kappa shape index (κ3) is 2.94. The molecular weight excluding hydrogens is 158 g/mol. The number of benzene rings is 1. The van der Waals surface area contributed by atoms with Crippen LogP contribution in [0.2, 0.25) is 0 Å². The van der Waals surface area contributed by atoms with Gasteiger partial charge < -0.3 is 4.90 Å². The van der Waals surface area contributed by atoms with Gasteiger partial charge in [0, 0.05) is 18.9 Å². The first-order valence-electron chi connectivity index (χ1n) is 4.54. The predicted molar refractivity (Wildman–Crippen MR) is 59.0 cm³/mol. The van der Waals surface area contributed by atoms with Gasteiger partial charge in [-0.1, -0.05) is 23.3 Å². The molecule has 0 radical (unpaired) electrons. The van der Waals surface area contributed by atoms with Gasteiger partial charge in [0.2, 0.25) is 0 Å². The van der Waals surface area contributed by atoms with Gasteiger partial charge in [-0.2, -0.15) is 0 Å². The van der Waals surface area contributed by atoms with Crippen molar-refractivity contribution in [1.82, 2.24) is 0 Å². The van der Waals surface area contributed by atoms with Crippen LogP contribution in [0.15, 0.2) is 36.0 Å². The molecule has 0 fully saturated rings. The molecule has 0 amide bonds. The van der Waals surface area contributed by atoms with E-state index in [1.165, 1.54) is 16.8 Å². The molecule has 1 nitrogen and oxygen atoms in total. The molecule has 1 heteroatoms. The van der Waals surface area contributed by atoms with Crippen LogP contribution in [0.5, 0.6) is 0 Å². The fourth-order valence-corrected chi connectivity index (χ4v) is 1.24. The highest BCUT2D eigenvalue weighted by atomic mass is 15.1. The topological polar surface area (TPSA) is 3.24 Å². The molecule has 0 atom stereocenters. The average Bonchev–Trinajstić information content (AvgIpc) is 2.04. The van der Waals surface area contributed by atoms with Gasteiger partial charge >= 0.3 is 0 Å². The lowest BCUT2D eigenvalue weighted by Gasteiger charge is -2.14. The zero-order valence-electron chi connectivity index (χ0n) is 8.83. The highest BCUT2D eigenvalue weighted by molar-refractivity contribution is 5.49. The number of hydrogen-bond acceptors (Lipinski definition) is 1. The summed E-state index contributed by atoms with van der Waals surface area (Å²) in [4.78, 5) is 2.13. The molecule has 0 unspecified atom stereocenters. The Hall–Kier alpha value is -1.24. The van der Waals surface area contributed by atoms with E-state index in [1.807, 2.05) is 0 Å². The number of nitrogens with zero attached hydrogens (tertiary/aromatic N) is 1. The molecule has 13 heavy (non-hydrogen) atoms. The summed E-state index contributed by atoms with van der Waals surface area (Å²) in [5.74, 6) is 0. The molecule has 1 aromatic rings. The average molecular weight is 175 g/mol. The maximum absolute atomic E-state index is 2.13. The summed E-state index contributed by atoms with van der Waals surface area (Å²) in [5, 5.41) is 0. The highest BCUT2D eigenvalue weighted by Gasteiger charge is 1.95. The van der Waals surface area contributed by atoms with E-state index in [1.54, 1.807) is 0 Å². The fraction of sp³-hybridized carbons (Fsp3) is 0.333. The Bertz CT molecular complexity index is 291. The van der Waals surface area contributed by atoms with Crippen LogP contribution in [0, 0.1) is 6.92 Å². The predicted octanol–water partition coefficient (Wildman–Crippen LogP) is 3.35. The van der Waals surface area contributed by atoms with Crippen molar-refractivity contribution in [2.75, 3.05) is 11.9 Å². The number of hydrogen-bond donors (Lipinski definition) is 0. The monoisotopic (exact) mass is 175 g/mol. The lowest BCUT2D eigenvalue weighted by atomic mass is 10.2. The van der Waals surface area contributed by atoms with Gasteiger partial charge in [0.1, 0.15) is 0 Å². The Morgan fingerprint density at radius 1 is 1.15 bits per heavy atom. The van der Waals surface area contributed by atoms with E-state index in [0.29, 0.717) is 0 Å². The van der Waals surface area contributed by atoms with E-state index < -0.39 is 0 Å². The molecule has 0 spiro atoms. The van der Waals surface area contributed by atoms with E-state index in [9.17, 15) is 0 Å². The van der Waals surface area contributed by atoms with Gasteiger partial charge in [0.15, 0.2) is 0 Å². The third-order valence-electron chi connectivity index (χ3n) is 1.89. The maximum Gasteiger partial charge on any atom is 0.0403 e. The van der Waals surface area contributed by atoms with Gasteiger partial charge in [-0.15, -0.1) is 0 Å². The van der Waals surface area contributed by atoms with Crippen molar-refractivity contribution < 1.29 is 0 Å². The number of anilines is 1. The molecule has 0 saturated carbocycles. The zero-order chi connectivity index (χ0) is 9.84. The summed E-state index contributed by atoms with van der Waals surface area (Å²) in [6.45, 7) is 6.31. The number of aryl methyl sites for hydroxylation is 1. The van der Waals surface area contributed by atoms with Crippen LogP contribution < -0.4 is 4.90 Å². The summed E-state index contributed by atoms with van der Waals surface area (Å²) >= 11 is 0. The van der Waals surface area contributed by atoms with Crippen molar-refractivity contribution in [3.63, 3.8) is 0 Å². The van der Waals surface area contributed by atoms with Crippen LogP contribution in [-0.2, 0) is 0 Å². The standard InChI is InChI=1S/C12H17N/c1-10(2)9-13(4)12-7-5-11(3)6-8-12/h5-9H,1-4H3. The molecule has 0 saturated heterocycles. The zero-order valence-corrected chi connectivity index (χ0v) is 8.83. The van der Waals surface area contributed by atoms with Crippen LogP contribution in [0.1, 0.15) is 19.4 Å². The van der Waals surface area contributed by atoms with Gasteiger partial charge in [0.05, 0.1) is 0 Å². The summed E-state index contributed by atoms with van der Waals surface area (Å²) in [7, 11) is 2.07. The fourth-order valence-electron chi connectivity index (χ4n) is 1.24. The quantitative estimate of drug-likeness (QED) is 0.666. The first-order chi connectivity index (χ1) is 6.09. The molecule has 70 valence electrons. The summed E-state index contributed by atoms with van der Waals surface area (Å²) in [6, 6.07) is 8.53. The third-order valence-corrected chi connectivity index (χ3v) is 1.89. The molecule has 0 aliphatic rings. The second-order valence-electron chi connectivity index (χ2n) is 3.65. The minimum atomic E-state index is 1.23. The maximum atomic E-state index is 2.13. The Morgan fingerprint density at radius 2 is 1.69 bits per heavy atom. The molecule has 0 N–H and O–H groups in total. The molecule has 0 heterocycles. The smallest absolute Gasteiger partial charge is 0.0403 e. The van der Waals surface area contributed by atoms with Crippen molar-refractivity contribution in [3.05, 3.63) is 41.6 Å². The summed E-state index contributed by atoms with van der Waals surface area (Å²) in [6.07, 6.45) is 2.13. The van der Waals surface area contributed by atoms with E-state index in [2.05, 4.69) is 63.2 Å². The molecule has 0 aliphatic heterocycles.